The Morgan fingerprint density at radius 2 is 2.05 bits per heavy atom. The summed E-state index contributed by atoms with van der Waals surface area (Å²) in [6, 6.07) is 4.18. The maximum Gasteiger partial charge on any atom is 0.262 e. The first-order valence-corrected chi connectivity index (χ1v) is 7.26. The Kier molecular flexibility index (Phi) is 3.27. The molecule has 1 aliphatic rings. The minimum atomic E-state index is -0.0152. The molecule has 0 spiro atoms. The predicted molar refractivity (Wildman–Crippen MR) is 78.5 cm³/mol. The zero-order valence-electron chi connectivity index (χ0n) is 10.7. The molecule has 0 saturated carbocycles. The van der Waals surface area contributed by atoms with Gasteiger partial charge in [-0.1, -0.05) is 0 Å². The second-order valence-electron chi connectivity index (χ2n) is 5.07. The van der Waals surface area contributed by atoms with E-state index in [1.807, 2.05) is 19.3 Å². The molecule has 0 fully saturated rings. The summed E-state index contributed by atoms with van der Waals surface area (Å²) >= 11 is 3.42. The maximum atomic E-state index is 11.8. The van der Waals surface area contributed by atoms with E-state index in [-0.39, 0.29) is 5.56 Å². The van der Waals surface area contributed by atoms with E-state index in [9.17, 15) is 4.79 Å². The Morgan fingerprint density at radius 1 is 1.32 bits per heavy atom. The van der Waals surface area contributed by atoms with Crippen LogP contribution < -0.4 is 5.56 Å². The molecular formula is C15H15BrN2O. The van der Waals surface area contributed by atoms with Crippen molar-refractivity contribution in [1.29, 1.82) is 0 Å². The largest absolute Gasteiger partial charge is 0.325 e. The average Bonchev–Trinajstić information content (AvgIpc) is 2.45. The van der Waals surface area contributed by atoms with Gasteiger partial charge >= 0.3 is 0 Å². The fourth-order valence-corrected chi connectivity index (χ4v) is 3.46. The lowest BCUT2D eigenvalue weighted by atomic mass is 9.80. The Bertz CT molecular complexity index is 664. The fraction of sp³-hybridized carbons (Fsp3) is 0.333. The summed E-state index contributed by atoms with van der Waals surface area (Å²) in [5, 5.41) is 0. The van der Waals surface area contributed by atoms with Gasteiger partial charge in [0.15, 0.2) is 0 Å². The van der Waals surface area contributed by atoms with E-state index in [0.29, 0.717) is 10.4 Å². The number of aryl methyl sites for hydroxylation is 1. The summed E-state index contributed by atoms with van der Waals surface area (Å²) in [4.78, 5) is 18.7. The third-order valence-corrected chi connectivity index (χ3v) is 4.79. The third-order valence-electron chi connectivity index (χ3n) is 3.95. The minimum absolute atomic E-state index is 0.0152. The molecule has 1 N–H and O–H groups in total. The number of fused-ring (bicyclic) bond motifs is 1. The standard InChI is InChI=1S/C15H15BrN2O/c1-9-13-8-11(10-4-6-17-7-5-10)2-3-12(13)14(16)15(19)18-9/h4-7,11H,2-3,8H2,1H3,(H,18,19). The highest BCUT2D eigenvalue weighted by molar-refractivity contribution is 9.10. The summed E-state index contributed by atoms with van der Waals surface area (Å²) in [6.07, 6.45) is 6.72. The van der Waals surface area contributed by atoms with E-state index in [2.05, 4.69) is 38.0 Å². The van der Waals surface area contributed by atoms with Crippen molar-refractivity contribution in [3.05, 3.63) is 61.7 Å². The number of rotatable bonds is 1. The van der Waals surface area contributed by atoms with Gasteiger partial charge in [-0.25, -0.2) is 0 Å². The predicted octanol–water partition coefficient (Wildman–Crippen LogP) is 3.11. The van der Waals surface area contributed by atoms with Crippen molar-refractivity contribution in [3.63, 3.8) is 0 Å². The van der Waals surface area contributed by atoms with Crippen molar-refractivity contribution in [2.24, 2.45) is 0 Å². The van der Waals surface area contributed by atoms with Crippen LogP contribution in [0.1, 0.15) is 34.7 Å². The van der Waals surface area contributed by atoms with Crippen LogP contribution in [0.5, 0.6) is 0 Å². The summed E-state index contributed by atoms with van der Waals surface area (Å²) in [6.45, 7) is 1.99. The second-order valence-corrected chi connectivity index (χ2v) is 5.86. The first kappa shape index (κ1) is 12.6. The third kappa shape index (κ3) is 2.25. The summed E-state index contributed by atoms with van der Waals surface area (Å²) < 4.78 is 0.710. The van der Waals surface area contributed by atoms with E-state index < -0.39 is 0 Å². The van der Waals surface area contributed by atoms with E-state index >= 15 is 0 Å². The molecule has 4 heteroatoms. The summed E-state index contributed by atoms with van der Waals surface area (Å²) in [5.74, 6) is 0.520. The van der Waals surface area contributed by atoms with E-state index in [4.69, 9.17) is 0 Å². The number of halogens is 1. The molecule has 1 atom stereocenters. The van der Waals surface area contributed by atoms with Crippen LogP contribution in [-0.4, -0.2) is 9.97 Å². The average molecular weight is 319 g/mol. The van der Waals surface area contributed by atoms with Crippen LogP contribution in [0.4, 0.5) is 0 Å². The van der Waals surface area contributed by atoms with Crippen LogP contribution in [0, 0.1) is 6.92 Å². The van der Waals surface area contributed by atoms with Gasteiger partial charge in [0.05, 0.1) is 4.47 Å². The molecule has 2 heterocycles. The number of H-pyrrole nitrogens is 1. The molecule has 0 aliphatic heterocycles. The van der Waals surface area contributed by atoms with Gasteiger partial charge in [-0.05, 0) is 76.9 Å². The van der Waals surface area contributed by atoms with Crippen LogP contribution in [-0.2, 0) is 12.8 Å². The zero-order valence-corrected chi connectivity index (χ0v) is 12.3. The van der Waals surface area contributed by atoms with Crippen LogP contribution in [0.2, 0.25) is 0 Å². The topological polar surface area (TPSA) is 45.8 Å². The lowest BCUT2D eigenvalue weighted by Crippen LogP contribution is -2.21. The SMILES string of the molecule is Cc1[nH]c(=O)c(Br)c2c1CC(c1ccncc1)CC2. The number of nitrogens with zero attached hydrogens (tertiary/aromatic N) is 1. The van der Waals surface area contributed by atoms with Crippen LogP contribution in [0.25, 0.3) is 0 Å². The highest BCUT2D eigenvalue weighted by Gasteiger charge is 2.24. The molecule has 0 radical (unpaired) electrons. The molecule has 98 valence electrons. The lowest BCUT2D eigenvalue weighted by Gasteiger charge is -2.26. The van der Waals surface area contributed by atoms with Gasteiger partial charge in [-0.2, -0.15) is 0 Å². The molecular weight excluding hydrogens is 304 g/mol. The van der Waals surface area contributed by atoms with Gasteiger partial charge in [-0.3, -0.25) is 9.78 Å². The number of pyridine rings is 2. The smallest absolute Gasteiger partial charge is 0.262 e. The molecule has 0 saturated heterocycles. The summed E-state index contributed by atoms with van der Waals surface area (Å²) in [5.41, 5.74) is 4.80. The van der Waals surface area contributed by atoms with Crippen LogP contribution >= 0.6 is 15.9 Å². The van der Waals surface area contributed by atoms with Crippen LogP contribution in [0.3, 0.4) is 0 Å². The van der Waals surface area contributed by atoms with Gasteiger partial charge < -0.3 is 4.98 Å². The molecule has 3 rings (SSSR count). The quantitative estimate of drug-likeness (QED) is 0.878. The lowest BCUT2D eigenvalue weighted by molar-refractivity contribution is 0.576. The van der Waals surface area contributed by atoms with Gasteiger partial charge in [0, 0.05) is 18.1 Å². The molecule has 2 aromatic heterocycles. The Morgan fingerprint density at radius 3 is 2.79 bits per heavy atom. The molecule has 1 unspecified atom stereocenters. The fourth-order valence-electron chi connectivity index (χ4n) is 2.92. The van der Waals surface area contributed by atoms with E-state index in [1.54, 1.807) is 0 Å². The minimum Gasteiger partial charge on any atom is -0.325 e. The molecule has 19 heavy (non-hydrogen) atoms. The van der Waals surface area contributed by atoms with Crippen molar-refractivity contribution < 1.29 is 0 Å². The van der Waals surface area contributed by atoms with Crippen molar-refractivity contribution in [3.8, 4) is 0 Å². The number of nitrogens with one attached hydrogen (secondary N) is 1. The van der Waals surface area contributed by atoms with Gasteiger partial charge in [0.25, 0.3) is 5.56 Å². The highest BCUT2D eigenvalue weighted by Crippen LogP contribution is 2.35. The van der Waals surface area contributed by atoms with Gasteiger partial charge in [0.2, 0.25) is 0 Å². The number of hydrogen-bond donors (Lipinski definition) is 1. The Hall–Kier alpha value is -1.42. The Balaban J connectivity index is 2.01. The van der Waals surface area contributed by atoms with Gasteiger partial charge in [-0.15, -0.1) is 0 Å². The van der Waals surface area contributed by atoms with Crippen molar-refractivity contribution in [2.45, 2.75) is 32.1 Å². The Labute approximate surface area is 120 Å². The normalized spacial score (nSPS) is 18.1. The molecule has 3 nitrogen and oxygen atoms in total. The molecule has 0 aromatic carbocycles. The molecule has 0 bridgehead atoms. The van der Waals surface area contributed by atoms with Crippen molar-refractivity contribution >= 4 is 15.9 Å². The number of hydrogen-bond acceptors (Lipinski definition) is 2. The monoisotopic (exact) mass is 318 g/mol. The van der Waals surface area contributed by atoms with Gasteiger partial charge in [0.1, 0.15) is 0 Å². The van der Waals surface area contributed by atoms with Crippen LogP contribution in [0.15, 0.2) is 33.8 Å². The number of aromatic nitrogens is 2. The molecule has 2 aromatic rings. The first-order valence-electron chi connectivity index (χ1n) is 6.47. The second kappa shape index (κ2) is 4.93. The number of aromatic amines is 1. The highest BCUT2D eigenvalue weighted by atomic mass is 79.9. The molecule has 0 amide bonds. The van der Waals surface area contributed by atoms with Crippen molar-refractivity contribution in [1.82, 2.24) is 9.97 Å². The summed E-state index contributed by atoms with van der Waals surface area (Å²) in [7, 11) is 0. The maximum absolute atomic E-state index is 11.8. The van der Waals surface area contributed by atoms with Crippen molar-refractivity contribution in [2.75, 3.05) is 0 Å². The zero-order chi connectivity index (χ0) is 13.4. The first-order chi connectivity index (χ1) is 9.16. The van der Waals surface area contributed by atoms with E-state index in [0.717, 1.165) is 25.0 Å². The van der Waals surface area contributed by atoms with E-state index in [1.165, 1.54) is 16.7 Å². The molecule has 1 aliphatic carbocycles.